The highest BCUT2D eigenvalue weighted by Gasteiger charge is 2.11. The van der Waals surface area contributed by atoms with Gasteiger partial charge in [0.1, 0.15) is 5.82 Å². The van der Waals surface area contributed by atoms with Gasteiger partial charge in [0.2, 0.25) is 0 Å². The van der Waals surface area contributed by atoms with E-state index in [1.165, 1.54) is 12.1 Å². The van der Waals surface area contributed by atoms with Crippen LogP contribution < -0.4 is 10.6 Å². The summed E-state index contributed by atoms with van der Waals surface area (Å²) in [5.74, 6) is -0.602. The summed E-state index contributed by atoms with van der Waals surface area (Å²) in [6.07, 6.45) is 2.80. The van der Waals surface area contributed by atoms with Gasteiger partial charge in [-0.3, -0.25) is 0 Å². The molecule has 0 bridgehead atoms. The summed E-state index contributed by atoms with van der Waals surface area (Å²) < 4.78 is 15.2. The maximum Gasteiger partial charge on any atom is 0.314 e. The van der Waals surface area contributed by atoms with Crippen molar-refractivity contribution in [1.29, 1.82) is 0 Å². The fourth-order valence-electron chi connectivity index (χ4n) is 1.91. The van der Waals surface area contributed by atoms with Crippen LogP contribution in [0.4, 0.5) is 9.18 Å². The van der Waals surface area contributed by atoms with Crippen LogP contribution in [-0.4, -0.2) is 28.8 Å². The molecule has 3 N–H and O–H groups in total. The van der Waals surface area contributed by atoms with Crippen molar-refractivity contribution in [3.05, 3.63) is 59.1 Å². The topological polar surface area (TPSA) is 66.3 Å². The van der Waals surface area contributed by atoms with E-state index in [1.54, 1.807) is 0 Å². The Morgan fingerprint density at radius 1 is 1.32 bits per heavy atom. The number of aromatic nitrogens is 1. The van der Waals surface area contributed by atoms with E-state index < -0.39 is 11.9 Å². The summed E-state index contributed by atoms with van der Waals surface area (Å²) in [4.78, 5) is 11.6. The zero-order valence-corrected chi connectivity index (χ0v) is 12.6. The van der Waals surface area contributed by atoms with Crippen LogP contribution in [0, 0.1) is 5.82 Å². The first-order chi connectivity index (χ1) is 10.6. The summed E-state index contributed by atoms with van der Waals surface area (Å²) in [6, 6.07) is 7.46. The van der Waals surface area contributed by atoms with E-state index in [0.717, 1.165) is 6.07 Å². The van der Waals surface area contributed by atoms with Crippen molar-refractivity contribution in [2.45, 2.75) is 12.6 Å². The number of hydrogen-bond acceptors (Lipinski definition) is 2. The van der Waals surface area contributed by atoms with Crippen molar-refractivity contribution in [2.24, 2.45) is 0 Å². The van der Waals surface area contributed by atoms with E-state index in [-0.39, 0.29) is 17.6 Å². The first kappa shape index (κ1) is 16.3. The number of carbonyl (C=O) groups is 1. The molecule has 5 nitrogen and oxygen atoms in total. The molecular weight excluding hydrogens is 309 g/mol. The highest BCUT2D eigenvalue weighted by molar-refractivity contribution is 6.30. The number of amides is 2. The predicted molar refractivity (Wildman–Crippen MR) is 82.2 cm³/mol. The van der Waals surface area contributed by atoms with Crippen LogP contribution in [0.3, 0.4) is 0 Å². The molecule has 2 rings (SSSR count). The van der Waals surface area contributed by atoms with Crippen LogP contribution in [0.1, 0.15) is 11.7 Å². The second-order valence-electron chi connectivity index (χ2n) is 4.75. The molecule has 118 valence electrons. The van der Waals surface area contributed by atoms with Crippen molar-refractivity contribution in [3.63, 3.8) is 0 Å². The Hall–Kier alpha value is -2.05. The van der Waals surface area contributed by atoms with Crippen molar-refractivity contribution >= 4 is 17.6 Å². The molecular formula is C15H17ClFN3O2. The lowest BCUT2D eigenvalue weighted by atomic mass is 10.1. The first-order valence-electron chi connectivity index (χ1n) is 6.81. The molecule has 0 fully saturated rings. The van der Waals surface area contributed by atoms with Gasteiger partial charge in [0.05, 0.1) is 11.1 Å². The molecule has 0 radical (unpaired) electrons. The smallest absolute Gasteiger partial charge is 0.314 e. The third-order valence-corrected chi connectivity index (χ3v) is 3.41. The Morgan fingerprint density at radius 2 is 2.05 bits per heavy atom. The van der Waals surface area contributed by atoms with Gasteiger partial charge < -0.3 is 20.3 Å². The average Bonchev–Trinajstić information content (AvgIpc) is 3.01. The number of urea groups is 1. The lowest BCUT2D eigenvalue weighted by Crippen LogP contribution is -2.39. The van der Waals surface area contributed by atoms with Gasteiger partial charge >= 0.3 is 6.03 Å². The van der Waals surface area contributed by atoms with Gasteiger partial charge in [0.25, 0.3) is 0 Å². The van der Waals surface area contributed by atoms with Crippen molar-refractivity contribution in [2.75, 3.05) is 13.1 Å². The van der Waals surface area contributed by atoms with Gasteiger partial charge in [-0.25, -0.2) is 9.18 Å². The Labute approximate surface area is 132 Å². The molecule has 1 aromatic carbocycles. The van der Waals surface area contributed by atoms with E-state index in [2.05, 4.69) is 10.6 Å². The summed E-state index contributed by atoms with van der Waals surface area (Å²) in [5, 5.41) is 15.1. The molecule has 0 saturated carbocycles. The Bertz CT molecular complexity index is 619. The van der Waals surface area contributed by atoms with Crippen LogP contribution in [0.25, 0.3) is 0 Å². The first-order valence-corrected chi connectivity index (χ1v) is 7.19. The van der Waals surface area contributed by atoms with Gasteiger partial charge in [-0.15, -0.1) is 0 Å². The number of halogens is 2. The molecule has 1 aromatic heterocycles. The van der Waals surface area contributed by atoms with E-state index in [9.17, 15) is 14.3 Å². The molecule has 0 aliphatic carbocycles. The van der Waals surface area contributed by atoms with E-state index in [0.29, 0.717) is 18.7 Å². The van der Waals surface area contributed by atoms with Crippen LogP contribution in [-0.2, 0) is 6.54 Å². The van der Waals surface area contributed by atoms with Crippen molar-refractivity contribution < 1.29 is 14.3 Å². The minimum absolute atomic E-state index is 0.00772. The highest BCUT2D eigenvalue weighted by Crippen LogP contribution is 2.19. The van der Waals surface area contributed by atoms with E-state index in [1.807, 2.05) is 29.1 Å². The molecule has 0 saturated heterocycles. The monoisotopic (exact) mass is 325 g/mol. The maximum atomic E-state index is 13.3. The second-order valence-corrected chi connectivity index (χ2v) is 5.15. The molecule has 0 aliphatic heterocycles. The molecule has 2 amide bonds. The third-order valence-electron chi connectivity index (χ3n) is 3.11. The summed E-state index contributed by atoms with van der Waals surface area (Å²) >= 11 is 5.57. The number of carbonyl (C=O) groups excluding carboxylic acids is 1. The zero-order chi connectivity index (χ0) is 15.9. The van der Waals surface area contributed by atoms with Crippen molar-refractivity contribution in [3.8, 4) is 0 Å². The fourth-order valence-corrected chi connectivity index (χ4v) is 2.02. The zero-order valence-electron chi connectivity index (χ0n) is 11.8. The lowest BCUT2D eigenvalue weighted by molar-refractivity contribution is 0.172. The predicted octanol–water partition coefficient (Wildman–Crippen LogP) is 2.31. The van der Waals surface area contributed by atoms with Crippen molar-refractivity contribution in [1.82, 2.24) is 15.2 Å². The Morgan fingerprint density at radius 3 is 2.73 bits per heavy atom. The summed E-state index contributed by atoms with van der Waals surface area (Å²) in [6.45, 7) is 1.11. The fraction of sp³-hybridized carbons (Fsp3) is 0.267. The molecule has 1 heterocycles. The minimum atomic E-state index is -0.998. The maximum absolute atomic E-state index is 13.3. The van der Waals surface area contributed by atoms with E-state index in [4.69, 9.17) is 11.6 Å². The average molecular weight is 326 g/mol. The lowest BCUT2D eigenvalue weighted by Gasteiger charge is -2.13. The van der Waals surface area contributed by atoms with Crippen LogP contribution in [0.15, 0.2) is 42.7 Å². The van der Waals surface area contributed by atoms with Crippen LogP contribution >= 0.6 is 11.6 Å². The van der Waals surface area contributed by atoms with Gasteiger partial charge in [0.15, 0.2) is 0 Å². The molecule has 1 unspecified atom stereocenters. The molecule has 7 heteroatoms. The van der Waals surface area contributed by atoms with E-state index >= 15 is 0 Å². The molecule has 0 aliphatic rings. The molecule has 0 spiro atoms. The summed E-state index contributed by atoms with van der Waals surface area (Å²) in [5.41, 5.74) is 0.356. The number of nitrogens with one attached hydrogen (secondary N) is 2. The second kappa shape index (κ2) is 7.82. The number of hydrogen-bond donors (Lipinski definition) is 3. The van der Waals surface area contributed by atoms with Gasteiger partial charge in [-0.1, -0.05) is 17.7 Å². The van der Waals surface area contributed by atoms with Crippen LogP contribution in [0.2, 0.25) is 5.02 Å². The Balaban J connectivity index is 1.72. The number of benzene rings is 1. The largest absolute Gasteiger partial charge is 0.387 e. The third kappa shape index (κ3) is 4.75. The normalized spacial score (nSPS) is 12.0. The molecule has 1 atom stereocenters. The SMILES string of the molecule is O=C(NCCn1cccc1)NCC(O)c1ccc(Cl)c(F)c1. The van der Waals surface area contributed by atoms with Gasteiger partial charge in [0, 0.05) is 32.0 Å². The summed E-state index contributed by atoms with van der Waals surface area (Å²) in [7, 11) is 0. The van der Waals surface area contributed by atoms with Gasteiger partial charge in [-0.05, 0) is 29.8 Å². The highest BCUT2D eigenvalue weighted by atomic mass is 35.5. The Kier molecular flexibility index (Phi) is 5.80. The molecule has 2 aromatic rings. The minimum Gasteiger partial charge on any atom is -0.387 e. The number of aliphatic hydroxyl groups is 1. The number of nitrogens with zero attached hydrogens (tertiary/aromatic N) is 1. The standard InChI is InChI=1S/C15H17ClFN3O2/c16-12-4-3-11(9-13(12)17)14(21)10-19-15(22)18-5-8-20-6-1-2-7-20/h1-4,6-7,9,14,21H,5,8,10H2,(H2,18,19,22). The van der Waals surface area contributed by atoms with Crippen LogP contribution in [0.5, 0.6) is 0 Å². The van der Waals surface area contributed by atoms with Gasteiger partial charge in [-0.2, -0.15) is 0 Å². The quantitative estimate of drug-likeness (QED) is 0.763. The molecule has 22 heavy (non-hydrogen) atoms. The number of aliphatic hydroxyl groups excluding tert-OH is 1. The number of rotatable bonds is 6.